The van der Waals surface area contributed by atoms with Gasteiger partial charge in [-0.25, -0.2) is 4.79 Å². The van der Waals surface area contributed by atoms with Gasteiger partial charge in [-0.1, -0.05) is 12.1 Å². The second-order valence-corrected chi connectivity index (χ2v) is 5.87. The number of aromatic amines is 1. The molecular formula is C19H18N4O4. The molecule has 0 spiro atoms. The summed E-state index contributed by atoms with van der Waals surface area (Å²) in [6.07, 6.45) is 4.46. The van der Waals surface area contributed by atoms with Crippen LogP contribution in [0.1, 0.15) is 27.5 Å². The van der Waals surface area contributed by atoms with Crippen LogP contribution in [0, 0.1) is 0 Å². The van der Waals surface area contributed by atoms with Crippen LogP contribution in [-0.4, -0.2) is 27.6 Å². The van der Waals surface area contributed by atoms with Crippen LogP contribution < -0.4 is 21.3 Å². The topological polar surface area (TPSA) is 106 Å². The third kappa shape index (κ3) is 3.95. The number of pyridine rings is 1. The van der Waals surface area contributed by atoms with Crippen molar-refractivity contribution >= 4 is 5.91 Å². The lowest BCUT2D eigenvalue weighted by atomic mass is 9.99. The molecule has 2 N–H and O–H groups in total. The number of H-pyrrole nitrogens is 1. The summed E-state index contributed by atoms with van der Waals surface area (Å²) >= 11 is 0. The average molecular weight is 366 g/mol. The van der Waals surface area contributed by atoms with E-state index in [1.807, 2.05) is 12.1 Å². The minimum Gasteiger partial charge on any atom is -0.497 e. The molecule has 27 heavy (non-hydrogen) atoms. The summed E-state index contributed by atoms with van der Waals surface area (Å²) < 4.78 is 6.31. The van der Waals surface area contributed by atoms with Crippen molar-refractivity contribution in [2.24, 2.45) is 7.05 Å². The molecule has 0 fully saturated rings. The highest BCUT2D eigenvalue weighted by Crippen LogP contribution is 2.24. The van der Waals surface area contributed by atoms with Crippen LogP contribution in [0.25, 0.3) is 0 Å². The molecular weight excluding hydrogens is 348 g/mol. The lowest BCUT2D eigenvalue weighted by Gasteiger charge is -2.20. The Morgan fingerprint density at radius 3 is 2.37 bits per heavy atom. The molecule has 0 aliphatic heterocycles. The zero-order valence-corrected chi connectivity index (χ0v) is 14.8. The van der Waals surface area contributed by atoms with E-state index >= 15 is 0 Å². The molecule has 3 aromatic rings. The van der Waals surface area contributed by atoms with E-state index in [2.05, 4.69) is 15.3 Å². The van der Waals surface area contributed by atoms with Gasteiger partial charge in [0.1, 0.15) is 11.3 Å². The number of nitrogens with one attached hydrogen (secondary N) is 2. The monoisotopic (exact) mass is 366 g/mol. The average Bonchev–Trinajstić information content (AvgIpc) is 2.69. The van der Waals surface area contributed by atoms with Crippen LogP contribution in [-0.2, 0) is 7.05 Å². The van der Waals surface area contributed by atoms with Crippen LogP contribution in [0.2, 0.25) is 0 Å². The number of hydrogen-bond donors (Lipinski definition) is 2. The van der Waals surface area contributed by atoms with Crippen LogP contribution >= 0.6 is 0 Å². The van der Waals surface area contributed by atoms with E-state index < -0.39 is 23.2 Å². The van der Waals surface area contributed by atoms with Gasteiger partial charge in [0, 0.05) is 25.6 Å². The van der Waals surface area contributed by atoms with E-state index in [-0.39, 0.29) is 5.56 Å². The fraction of sp³-hybridized carbons (Fsp3) is 0.158. The third-order valence-corrected chi connectivity index (χ3v) is 4.12. The molecule has 0 aliphatic rings. The van der Waals surface area contributed by atoms with Gasteiger partial charge in [-0.05, 0) is 35.4 Å². The summed E-state index contributed by atoms with van der Waals surface area (Å²) in [4.78, 5) is 42.4. The highest BCUT2D eigenvalue weighted by molar-refractivity contribution is 5.94. The van der Waals surface area contributed by atoms with Gasteiger partial charge in [0.05, 0.1) is 13.2 Å². The summed E-state index contributed by atoms with van der Waals surface area (Å²) in [5.41, 5.74) is 0.127. The van der Waals surface area contributed by atoms with Crippen molar-refractivity contribution in [3.05, 3.63) is 92.5 Å². The number of nitrogens with zero attached hydrogens (tertiary/aromatic N) is 2. The Labute approximate surface area is 154 Å². The fourth-order valence-electron chi connectivity index (χ4n) is 2.65. The summed E-state index contributed by atoms with van der Waals surface area (Å²) in [7, 11) is 3.03. The summed E-state index contributed by atoms with van der Waals surface area (Å²) in [5, 5.41) is 2.85. The van der Waals surface area contributed by atoms with Gasteiger partial charge < -0.3 is 14.6 Å². The maximum atomic E-state index is 12.7. The van der Waals surface area contributed by atoms with Crippen molar-refractivity contribution in [1.82, 2.24) is 19.9 Å². The van der Waals surface area contributed by atoms with Gasteiger partial charge in [0.15, 0.2) is 0 Å². The van der Waals surface area contributed by atoms with E-state index in [0.29, 0.717) is 5.75 Å². The van der Waals surface area contributed by atoms with Crippen LogP contribution in [0.15, 0.2) is 64.6 Å². The molecule has 2 aromatic heterocycles. The first-order chi connectivity index (χ1) is 13.0. The highest BCUT2D eigenvalue weighted by Gasteiger charge is 2.20. The number of carbonyl (C=O) groups is 1. The maximum absolute atomic E-state index is 12.7. The molecule has 0 radical (unpaired) electrons. The zero-order chi connectivity index (χ0) is 19.4. The first-order valence-corrected chi connectivity index (χ1v) is 8.14. The van der Waals surface area contributed by atoms with Crippen molar-refractivity contribution in [1.29, 1.82) is 0 Å². The molecule has 0 saturated heterocycles. The smallest absolute Gasteiger partial charge is 0.328 e. The summed E-state index contributed by atoms with van der Waals surface area (Å²) in [6, 6.07) is 10.3. The first-order valence-electron chi connectivity index (χ1n) is 8.14. The maximum Gasteiger partial charge on any atom is 0.328 e. The normalized spacial score (nSPS) is 11.6. The number of carbonyl (C=O) groups excluding carboxylic acids is 1. The van der Waals surface area contributed by atoms with Crippen molar-refractivity contribution < 1.29 is 9.53 Å². The number of aromatic nitrogens is 3. The minimum atomic E-state index is -0.737. The predicted octanol–water partition coefficient (Wildman–Crippen LogP) is 0.997. The van der Waals surface area contributed by atoms with Crippen molar-refractivity contribution in [2.75, 3.05) is 7.11 Å². The molecule has 8 nitrogen and oxygen atoms in total. The molecule has 138 valence electrons. The Morgan fingerprint density at radius 1 is 1.11 bits per heavy atom. The predicted molar refractivity (Wildman–Crippen MR) is 98.8 cm³/mol. The lowest BCUT2D eigenvalue weighted by molar-refractivity contribution is 0.0940. The number of ether oxygens (including phenoxy) is 1. The van der Waals surface area contributed by atoms with E-state index in [1.54, 1.807) is 43.8 Å². The van der Waals surface area contributed by atoms with Crippen molar-refractivity contribution in [2.45, 2.75) is 6.04 Å². The standard InChI is InChI=1S/C19H18N4O4/c1-23-11-15(18(25)22-19(23)26)17(24)21-16(13-7-9-20-10-8-13)12-3-5-14(27-2)6-4-12/h3-11,16H,1-2H3,(H,21,24)(H,22,25,26)/t16-/m0/s1. The molecule has 8 heteroatoms. The van der Waals surface area contributed by atoms with Crippen LogP contribution in [0.5, 0.6) is 5.75 Å². The Hall–Kier alpha value is -3.68. The fourth-order valence-corrected chi connectivity index (χ4v) is 2.65. The van der Waals surface area contributed by atoms with E-state index in [9.17, 15) is 14.4 Å². The number of amides is 1. The molecule has 1 atom stereocenters. The van der Waals surface area contributed by atoms with Crippen LogP contribution in [0.3, 0.4) is 0 Å². The third-order valence-electron chi connectivity index (χ3n) is 4.12. The van der Waals surface area contributed by atoms with Crippen molar-refractivity contribution in [3.63, 3.8) is 0 Å². The zero-order valence-electron chi connectivity index (χ0n) is 14.8. The molecule has 0 bridgehead atoms. The van der Waals surface area contributed by atoms with Crippen molar-refractivity contribution in [3.8, 4) is 5.75 Å². The molecule has 0 unspecified atom stereocenters. The molecule has 2 heterocycles. The highest BCUT2D eigenvalue weighted by atomic mass is 16.5. The molecule has 1 aromatic carbocycles. The van der Waals surface area contributed by atoms with Gasteiger partial charge in [0.2, 0.25) is 0 Å². The SMILES string of the molecule is COc1ccc([C@H](NC(=O)c2cn(C)c(=O)[nH]c2=O)c2ccncc2)cc1. The second-order valence-electron chi connectivity index (χ2n) is 5.87. The van der Waals surface area contributed by atoms with Gasteiger partial charge in [-0.2, -0.15) is 0 Å². The molecule has 0 saturated carbocycles. The van der Waals surface area contributed by atoms with Gasteiger partial charge in [-0.3, -0.25) is 19.6 Å². The molecule has 3 rings (SSSR count). The Balaban J connectivity index is 1.98. The molecule has 0 aliphatic carbocycles. The number of aryl methyl sites for hydroxylation is 1. The second kappa shape index (κ2) is 7.69. The number of hydrogen-bond acceptors (Lipinski definition) is 5. The number of methoxy groups -OCH3 is 1. The van der Waals surface area contributed by atoms with E-state index in [4.69, 9.17) is 4.74 Å². The van der Waals surface area contributed by atoms with Gasteiger partial charge in [-0.15, -0.1) is 0 Å². The first kappa shape index (κ1) is 18.1. The minimum absolute atomic E-state index is 0.148. The van der Waals surface area contributed by atoms with Gasteiger partial charge >= 0.3 is 5.69 Å². The molecule has 1 amide bonds. The van der Waals surface area contributed by atoms with Gasteiger partial charge in [0.25, 0.3) is 11.5 Å². The van der Waals surface area contributed by atoms with E-state index in [1.165, 1.54) is 13.2 Å². The Bertz CT molecular complexity index is 1060. The quantitative estimate of drug-likeness (QED) is 0.701. The number of benzene rings is 1. The van der Waals surface area contributed by atoms with E-state index in [0.717, 1.165) is 15.7 Å². The summed E-state index contributed by atoms with van der Waals surface area (Å²) in [5.74, 6) is 0.0949. The lowest BCUT2D eigenvalue weighted by Crippen LogP contribution is -2.37. The summed E-state index contributed by atoms with van der Waals surface area (Å²) in [6.45, 7) is 0. The Morgan fingerprint density at radius 2 is 1.74 bits per heavy atom. The Kier molecular flexibility index (Phi) is 5.16. The van der Waals surface area contributed by atoms with Crippen LogP contribution in [0.4, 0.5) is 0 Å². The number of rotatable bonds is 5. The largest absolute Gasteiger partial charge is 0.497 e.